The minimum Gasteiger partial charge on any atom is -0.490 e. The Morgan fingerprint density at radius 1 is 1.16 bits per heavy atom. The molecule has 25 heavy (non-hydrogen) atoms. The number of aryl methyl sites for hydroxylation is 1. The van der Waals surface area contributed by atoms with Gasteiger partial charge >= 0.3 is 0 Å². The number of hydrogen-bond acceptors (Lipinski definition) is 7. The van der Waals surface area contributed by atoms with Crippen LogP contribution < -0.4 is 14.8 Å². The first-order valence-corrected chi connectivity index (χ1v) is 9.17. The average molecular weight is 388 g/mol. The lowest BCUT2D eigenvalue weighted by Gasteiger charge is -2.12. The van der Waals surface area contributed by atoms with Crippen LogP contribution >= 0.6 is 24.2 Å². The predicted molar refractivity (Wildman–Crippen MR) is 102 cm³/mol. The van der Waals surface area contributed by atoms with Crippen LogP contribution in [-0.2, 0) is 13.6 Å². The molecule has 0 saturated carbocycles. The van der Waals surface area contributed by atoms with E-state index in [1.807, 2.05) is 33.0 Å². The number of hydrogen-bond donors (Lipinski definition) is 1. The molecule has 0 bridgehead atoms. The molecule has 0 spiro atoms. The summed E-state index contributed by atoms with van der Waals surface area (Å²) in [6.07, 6.45) is 1.05. The quantitative estimate of drug-likeness (QED) is 0.469. The number of benzene rings is 1. The molecule has 1 aromatic carbocycles. The second-order valence-corrected chi connectivity index (χ2v) is 6.17. The molecule has 1 N–H and O–H groups in total. The van der Waals surface area contributed by atoms with Gasteiger partial charge in [-0.25, -0.2) is 4.68 Å². The topological polar surface area (TPSA) is 74.1 Å². The molecule has 140 valence electrons. The highest BCUT2D eigenvalue weighted by Crippen LogP contribution is 2.28. The predicted octanol–water partition coefficient (Wildman–Crippen LogP) is 2.70. The van der Waals surface area contributed by atoms with Crippen LogP contribution in [0.3, 0.4) is 0 Å². The number of thioether (sulfide) groups is 1. The smallest absolute Gasteiger partial charge is 0.209 e. The highest BCUT2D eigenvalue weighted by Gasteiger charge is 2.06. The van der Waals surface area contributed by atoms with Crippen molar-refractivity contribution >= 4 is 24.2 Å². The van der Waals surface area contributed by atoms with Gasteiger partial charge in [0, 0.05) is 19.3 Å². The van der Waals surface area contributed by atoms with Crippen LogP contribution in [0.5, 0.6) is 11.5 Å². The summed E-state index contributed by atoms with van der Waals surface area (Å²) in [7, 11) is 1.85. The van der Waals surface area contributed by atoms with Gasteiger partial charge in [-0.05, 0) is 54.9 Å². The Kier molecular flexibility index (Phi) is 10.3. The summed E-state index contributed by atoms with van der Waals surface area (Å²) < 4.78 is 12.9. The molecule has 7 nitrogen and oxygen atoms in total. The molecule has 0 aliphatic carbocycles. The molecule has 0 radical (unpaired) electrons. The summed E-state index contributed by atoms with van der Waals surface area (Å²) in [4.78, 5) is 0. The van der Waals surface area contributed by atoms with Crippen molar-refractivity contribution < 1.29 is 9.47 Å². The number of tetrazole rings is 1. The van der Waals surface area contributed by atoms with Crippen LogP contribution in [0.2, 0.25) is 0 Å². The SMILES string of the molecule is CCOc1ccc(CNCCCSc2nnnn2C)cc1OCC.Cl. The summed E-state index contributed by atoms with van der Waals surface area (Å²) in [5, 5.41) is 15.7. The molecule has 1 aromatic heterocycles. The zero-order chi connectivity index (χ0) is 17.2. The molecule has 9 heteroatoms. The molecule has 2 aromatic rings. The number of halogens is 1. The van der Waals surface area contributed by atoms with Gasteiger partial charge in [0.2, 0.25) is 5.16 Å². The van der Waals surface area contributed by atoms with E-state index >= 15 is 0 Å². The minimum atomic E-state index is 0. The van der Waals surface area contributed by atoms with Gasteiger partial charge in [0.1, 0.15) is 0 Å². The lowest BCUT2D eigenvalue weighted by atomic mass is 10.2. The summed E-state index contributed by atoms with van der Waals surface area (Å²) in [5.41, 5.74) is 1.19. The molecule has 0 atom stereocenters. The monoisotopic (exact) mass is 387 g/mol. The van der Waals surface area contributed by atoms with Crippen molar-refractivity contribution in [1.29, 1.82) is 0 Å². The van der Waals surface area contributed by atoms with Gasteiger partial charge in [0.25, 0.3) is 0 Å². The van der Waals surface area contributed by atoms with Gasteiger partial charge in [-0.1, -0.05) is 17.8 Å². The molecule has 2 rings (SSSR count). The number of ether oxygens (including phenoxy) is 2. The Labute approximate surface area is 159 Å². The van der Waals surface area contributed by atoms with Gasteiger partial charge in [-0.3, -0.25) is 0 Å². The maximum atomic E-state index is 5.65. The third-order valence-electron chi connectivity index (χ3n) is 3.25. The minimum absolute atomic E-state index is 0. The van der Waals surface area contributed by atoms with E-state index in [0.29, 0.717) is 13.2 Å². The first-order chi connectivity index (χ1) is 11.7. The van der Waals surface area contributed by atoms with Crippen LogP contribution in [0.25, 0.3) is 0 Å². The maximum Gasteiger partial charge on any atom is 0.209 e. The Morgan fingerprint density at radius 3 is 2.60 bits per heavy atom. The average Bonchev–Trinajstić information content (AvgIpc) is 2.98. The van der Waals surface area contributed by atoms with Crippen molar-refractivity contribution in [3.05, 3.63) is 23.8 Å². The maximum absolute atomic E-state index is 5.65. The van der Waals surface area contributed by atoms with Crippen molar-refractivity contribution in [2.24, 2.45) is 7.05 Å². The van der Waals surface area contributed by atoms with E-state index in [1.165, 1.54) is 5.56 Å². The zero-order valence-corrected chi connectivity index (χ0v) is 16.5. The molecular formula is C16H26ClN5O2S. The fourth-order valence-electron chi connectivity index (χ4n) is 2.14. The molecule has 0 amide bonds. The molecule has 0 aliphatic rings. The fourth-order valence-corrected chi connectivity index (χ4v) is 2.93. The van der Waals surface area contributed by atoms with Gasteiger partial charge in [0.15, 0.2) is 11.5 Å². The van der Waals surface area contributed by atoms with E-state index in [2.05, 4.69) is 26.9 Å². The molecule has 0 saturated heterocycles. The fraction of sp³-hybridized carbons (Fsp3) is 0.562. The van der Waals surface area contributed by atoms with E-state index in [0.717, 1.165) is 41.9 Å². The van der Waals surface area contributed by atoms with Crippen molar-refractivity contribution in [2.75, 3.05) is 25.5 Å². The standard InChI is InChI=1S/C16H25N5O2S.ClH/c1-4-22-14-8-7-13(11-15(14)23-5-2)12-17-9-6-10-24-16-18-19-20-21(16)3;/h7-8,11,17H,4-6,9-10,12H2,1-3H3;1H. The Hall–Kier alpha value is -1.51. The van der Waals surface area contributed by atoms with E-state index < -0.39 is 0 Å². The molecule has 0 fully saturated rings. The molecular weight excluding hydrogens is 362 g/mol. The summed E-state index contributed by atoms with van der Waals surface area (Å²) >= 11 is 1.67. The Morgan fingerprint density at radius 2 is 1.92 bits per heavy atom. The molecule has 0 unspecified atom stereocenters. The Bertz CT molecular complexity index is 626. The number of nitrogens with zero attached hydrogens (tertiary/aromatic N) is 4. The number of rotatable bonds is 11. The van der Waals surface area contributed by atoms with Gasteiger partial charge in [-0.2, -0.15) is 0 Å². The second kappa shape index (κ2) is 11.9. The summed E-state index contributed by atoms with van der Waals surface area (Å²) in [5.74, 6) is 2.59. The van der Waals surface area contributed by atoms with E-state index in [4.69, 9.17) is 9.47 Å². The normalized spacial score (nSPS) is 10.4. The first-order valence-electron chi connectivity index (χ1n) is 8.19. The highest BCUT2D eigenvalue weighted by atomic mass is 35.5. The summed E-state index contributed by atoms with van der Waals surface area (Å²) in [6, 6.07) is 6.09. The van der Waals surface area contributed by atoms with E-state index in [9.17, 15) is 0 Å². The number of aromatic nitrogens is 4. The van der Waals surface area contributed by atoms with Crippen molar-refractivity contribution in [2.45, 2.75) is 32.0 Å². The second-order valence-electron chi connectivity index (χ2n) is 5.11. The van der Waals surface area contributed by atoms with Crippen LogP contribution in [-0.4, -0.2) is 45.7 Å². The number of nitrogens with one attached hydrogen (secondary N) is 1. The molecule has 0 aliphatic heterocycles. The van der Waals surface area contributed by atoms with Gasteiger partial charge in [-0.15, -0.1) is 17.5 Å². The van der Waals surface area contributed by atoms with Crippen LogP contribution in [0.4, 0.5) is 0 Å². The van der Waals surface area contributed by atoms with Gasteiger partial charge < -0.3 is 14.8 Å². The van der Waals surface area contributed by atoms with Crippen LogP contribution in [0.1, 0.15) is 25.8 Å². The Balaban J connectivity index is 0.00000312. The van der Waals surface area contributed by atoms with Crippen LogP contribution in [0.15, 0.2) is 23.4 Å². The third-order valence-corrected chi connectivity index (χ3v) is 4.34. The first kappa shape index (κ1) is 21.5. The van der Waals surface area contributed by atoms with Crippen LogP contribution in [0, 0.1) is 0 Å². The highest BCUT2D eigenvalue weighted by molar-refractivity contribution is 7.99. The lowest BCUT2D eigenvalue weighted by Crippen LogP contribution is -2.15. The van der Waals surface area contributed by atoms with Crippen molar-refractivity contribution in [3.8, 4) is 11.5 Å². The van der Waals surface area contributed by atoms with Crippen molar-refractivity contribution in [3.63, 3.8) is 0 Å². The summed E-state index contributed by atoms with van der Waals surface area (Å²) in [6.45, 7) is 6.96. The third kappa shape index (κ3) is 7.09. The van der Waals surface area contributed by atoms with Gasteiger partial charge in [0.05, 0.1) is 13.2 Å². The lowest BCUT2D eigenvalue weighted by molar-refractivity contribution is 0.287. The van der Waals surface area contributed by atoms with E-state index in [-0.39, 0.29) is 12.4 Å². The largest absolute Gasteiger partial charge is 0.490 e. The van der Waals surface area contributed by atoms with E-state index in [1.54, 1.807) is 16.4 Å². The van der Waals surface area contributed by atoms with Crippen molar-refractivity contribution in [1.82, 2.24) is 25.5 Å². The molecule has 1 heterocycles. The zero-order valence-electron chi connectivity index (χ0n) is 14.9.